The van der Waals surface area contributed by atoms with Gasteiger partial charge in [-0.25, -0.2) is 13.8 Å². The van der Waals surface area contributed by atoms with Gasteiger partial charge in [0.15, 0.2) is 17.7 Å². The van der Waals surface area contributed by atoms with Gasteiger partial charge in [0.05, 0.1) is 0 Å². The van der Waals surface area contributed by atoms with Crippen molar-refractivity contribution in [3.8, 4) is 11.5 Å². The average molecular weight is 413 g/mol. The molecule has 4 rings (SSSR count). The van der Waals surface area contributed by atoms with Crippen LogP contribution in [0.4, 0.5) is 29.1 Å². The van der Waals surface area contributed by atoms with Gasteiger partial charge in [-0.2, -0.15) is 0 Å². The van der Waals surface area contributed by atoms with Gasteiger partial charge in [-0.1, -0.05) is 13.8 Å². The first-order valence-corrected chi connectivity index (χ1v) is 9.00. The van der Waals surface area contributed by atoms with Crippen molar-refractivity contribution in [2.24, 2.45) is 5.41 Å². The zero-order valence-electron chi connectivity index (χ0n) is 15.6. The van der Waals surface area contributed by atoms with E-state index in [1.54, 1.807) is 0 Å². The number of alkyl halides is 2. The number of fused-ring (bicyclic) bond motifs is 1. The van der Waals surface area contributed by atoms with Crippen molar-refractivity contribution in [1.82, 2.24) is 10.3 Å². The molecule has 29 heavy (non-hydrogen) atoms. The van der Waals surface area contributed by atoms with Crippen LogP contribution in [0, 0.1) is 17.0 Å². The molecule has 3 N–H and O–H groups in total. The fourth-order valence-corrected chi connectivity index (χ4v) is 3.44. The first-order valence-electron chi connectivity index (χ1n) is 9.00. The number of hydrogen-bond acceptors (Lipinski definition) is 6. The van der Waals surface area contributed by atoms with Crippen molar-refractivity contribution < 1.29 is 32.1 Å². The highest BCUT2D eigenvalue weighted by molar-refractivity contribution is 5.62. The Morgan fingerprint density at radius 3 is 2.41 bits per heavy atom. The molecule has 0 spiro atoms. The van der Waals surface area contributed by atoms with Crippen molar-refractivity contribution in [2.75, 3.05) is 5.32 Å². The highest BCUT2D eigenvalue weighted by Gasteiger charge is 2.47. The molecule has 10 heteroatoms. The molecule has 2 unspecified atom stereocenters. The first-order chi connectivity index (χ1) is 13.5. The summed E-state index contributed by atoms with van der Waals surface area (Å²) in [7, 11) is 0. The largest absolute Gasteiger partial charge is 0.586 e. The zero-order chi connectivity index (χ0) is 21.0. The molecule has 0 radical (unpaired) electrons. The number of halogens is 4. The molecule has 156 valence electrons. The maximum Gasteiger partial charge on any atom is 0.586 e. The number of nitrogens with zero attached hydrogens (tertiary/aromatic N) is 1. The lowest BCUT2D eigenvalue weighted by Gasteiger charge is -2.45. The summed E-state index contributed by atoms with van der Waals surface area (Å²) in [5, 5.41) is 16.2. The molecule has 6 nitrogen and oxygen atoms in total. The van der Waals surface area contributed by atoms with Crippen LogP contribution in [0.5, 0.6) is 11.5 Å². The Hall–Kier alpha value is -2.59. The molecular weight excluding hydrogens is 394 g/mol. The highest BCUT2D eigenvalue weighted by Crippen LogP contribution is 2.47. The van der Waals surface area contributed by atoms with Crippen LogP contribution in [-0.4, -0.2) is 22.4 Å². The zero-order valence-corrected chi connectivity index (χ0v) is 15.6. The van der Waals surface area contributed by atoms with Crippen LogP contribution in [0.2, 0.25) is 0 Å². The van der Waals surface area contributed by atoms with E-state index in [4.69, 9.17) is 0 Å². The fraction of sp³-hybridized carbons (Fsp3) is 0.421. The third kappa shape index (κ3) is 3.95. The molecule has 1 saturated carbocycles. The summed E-state index contributed by atoms with van der Waals surface area (Å²) in [4.78, 5) is 4.12. The number of aliphatic hydroxyl groups excluding tert-OH is 1. The van der Waals surface area contributed by atoms with Gasteiger partial charge < -0.3 is 19.9 Å². The molecular formula is C19H19F4N3O3. The normalized spacial score (nSPS) is 22.1. The van der Waals surface area contributed by atoms with Gasteiger partial charge in [-0.3, -0.25) is 5.32 Å². The van der Waals surface area contributed by atoms with Crippen LogP contribution < -0.4 is 20.1 Å². The minimum Gasteiger partial charge on any atom is -0.395 e. The fourth-order valence-electron chi connectivity index (χ4n) is 3.44. The van der Waals surface area contributed by atoms with Crippen molar-refractivity contribution >= 4 is 11.5 Å². The third-order valence-corrected chi connectivity index (χ3v) is 5.19. The molecule has 1 aromatic carbocycles. The lowest BCUT2D eigenvalue weighted by atomic mass is 9.67. The molecule has 0 saturated heterocycles. The molecule has 2 aliphatic rings. The number of pyridine rings is 1. The monoisotopic (exact) mass is 413 g/mol. The van der Waals surface area contributed by atoms with Crippen LogP contribution in [-0.2, 0) is 0 Å². The van der Waals surface area contributed by atoms with Gasteiger partial charge in [0.25, 0.3) is 0 Å². The maximum absolute atomic E-state index is 13.6. The average Bonchev–Trinajstić information content (AvgIpc) is 2.90. The molecule has 1 aliphatic carbocycles. The number of nitrogens with one attached hydrogen (secondary N) is 2. The summed E-state index contributed by atoms with van der Waals surface area (Å²) in [6.45, 7) is 4.03. The Balaban J connectivity index is 1.66. The standard InChI is InChI=1S/C19H19F4N3O3/c1-18(2)4-3-13(18)25-17(27)15-16-12(28-19(22,23)29-16)8-14(26-15)24-11-6-9(20)5-10(21)7-11/h5-8,13,17,25,27H,3-4H2,1-2H3,(H,24,26). The minimum atomic E-state index is -3.92. The quantitative estimate of drug-likeness (QED) is 0.504. The van der Waals surface area contributed by atoms with Gasteiger partial charge >= 0.3 is 6.29 Å². The summed E-state index contributed by atoms with van der Waals surface area (Å²) in [6, 6.07) is 3.76. The summed E-state index contributed by atoms with van der Waals surface area (Å²) < 4.78 is 63.1. The molecule has 1 fully saturated rings. The molecule has 2 atom stereocenters. The molecule has 1 aliphatic heterocycles. The predicted octanol–water partition coefficient (Wildman–Crippen LogP) is 4.19. The molecule has 0 bridgehead atoms. The van der Waals surface area contributed by atoms with E-state index in [0.717, 1.165) is 31.0 Å². The molecule has 2 aromatic rings. The predicted molar refractivity (Wildman–Crippen MR) is 95.0 cm³/mol. The number of rotatable bonds is 5. The number of benzene rings is 1. The van der Waals surface area contributed by atoms with Gasteiger partial charge in [0.1, 0.15) is 23.1 Å². The molecule has 0 amide bonds. The number of anilines is 2. The summed E-state index contributed by atoms with van der Waals surface area (Å²) in [5.41, 5.74) is -0.281. The van der Waals surface area contributed by atoms with E-state index in [2.05, 4.69) is 25.1 Å². The molecule has 1 aromatic heterocycles. The number of ether oxygens (including phenoxy) is 2. The first kappa shape index (κ1) is 19.7. The van der Waals surface area contributed by atoms with E-state index in [-0.39, 0.29) is 34.4 Å². The van der Waals surface area contributed by atoms with Gasteiger partial charge in [0.2, 0.25) is 0 Å². The third-order valence-electron chi connectivity index (χ3n) is 5.19. The summed E-state index contributed by atoms with van der Waals surface area (Å²) in [5.74, 6) is -2.46. The van der Waals surface area contributed by atoms with E-state index >= 15 is 0 Å². The lowest BCUT2D eigenvalue weighted by Crippen LogP contribution is -2.51. The lowest BCUT2D eigenvalue weighted by molar-refractivity contribution is -0.287. The highest BCUT2D eigenvalue weighted by atomic mass is 19.3. The Morgan fingerprint density at radius 2 is 1.83 bits per heavy atom. The smallest absolute Gasteiger partial charge is 0.395 e. The second-order valence-electron chi connectivity index (χ2n) is 7.82. The Kier molecular flexibility index (Phi) is 4.58. The van der Waals surface area contributed by atoms with Crippen LogP contribution in [0.15, 0.2) is 24.3 Å². The van der Waals surface area contributed by atoms with Gasteiger partial charge in [-0.15, -0.1) is 8.78 Å². The van der Waals surface area contributed by atoms with Crippen LogP contribution in [0.25, 0.3) is 0 Å². The Labute approximate surface area is 163 Å². The van der Waals surface area contributed by atoms with Gasteiger partial charge in [-0.05, 0) is 30.4 Å². The Bertz CT molecular complexity index is 934. The van der Waals surface area contributed by atoms with Crippen molar-refractivity contribution in [3.05, 3.63) is 41.6 Å². The number of aromatic nitrogens is 1. The van der Waals surface area contributed by atoms with Crippen molar-refractivity contribution in [1.29, 1.82) is 0 Å². The van der Waals surface area contributed by atoms with Gasteiger partial charge in [0, 0.05) is 23.9 Å². The minimum absolute atomic E-state index is 0.00847. The second kappa shape index (κ2) is 6.74. The van der Waals surface area contributed by atoms with E-state index in [1.807, 2.05) is 13.8 Å². The summed E-state index contributed by atoms with van der Waals surface area (Å²) in [6.07, 6.45) is -3.58. The topological polar surface area (TPSA) is 75.6 Å². The second-order valence-corrected chi connectivity index (χ2v) is 7.82. The van der Waals surface area contributed by atoms with Crippen molar-refractivity contribution in [3.63, 3.8) is 0 Å². The van der Waals surface area contributed by atoms with E-state index in [1.165, 1.54) is 0 Å². The van der Waals surface area contributed by atoms with Crippen LogP contribution in [0.1, 0.15) is 38.6 Å². The summed E-state index contributed by atoms with van der Waals surface area (Å²) >= 11 is 0. The van der Waals surface area contributed by atoms with E-state index in [9.17, 15) is 22.7 Å². The van der Waals surface area contributed by atoms with E-state index < -0.39 is 29.9 Å². The SMILES string of the molecule is CC1(C)CCC1NC(O)c1nc(Nc2cc(F)cc(F)c2)cc2c1OC(F)(F)O2. The maximum atomic E-state index is 13.6. The van der Waals surface area contributed by atoms with E-state index in [0.29, 0.717) is 6.07 Å². The molecule has 2 heterocycles. The number of hydrogen-bond donors (Lipinski definition) is 3. The van der Waals surface area contributed by atoms with Crippen LogP contribution in [0.3, 0.4) is 0 Å². The Morgan fingerprint density at radius 1 is 1.14 bits per heavy atom. The van der Waals surface area contributed by atoms with Crippen LogP contribution >= 0.6 is 0 Å². The number of aliphatic hydroxyl groups is 1. The van der Waals surface area contributed by atoms with Crippen molar-refractivity contribution in [2.45, 2.75) is 45.3 Å².